The summed E-state index contributed by atoms with van der Waals surface area (Å²) in [6.07, 6.45) is 3.66. The van der Waals surface area contributed by atoms with Crippen LogP contribution in [-0.2, 0) is 11.3 Å². The summed E-state index contributed by atoms with van der Waals surface area (Å²) in [4.78, 5) is 6.58. The van der Waals surface area contributed by atoms with Crippen LogP contribution >= 0.6 is 24.0 Å². The summed E-state index contributed by atoms with van der Waals surface area (Å²) in [5.74, 6) is 2.55. The van der Waals surface area contributed by atoms with E-state index in [2.05, 4.69) is 33.6 Å². The summed E-state index contributed by atoms with van der Waals surface area (Å²) in [5, 5.41) is 6.75. The molecule has 0 radical (unpaired) electrons. The minimum Gasteiger partial charge on any atom is -0.493 e. The van der Waals surface area contributed by atoms with Gasteiger partial charge >= 0.3 is 0 Å². The van der Waals surface area contributed by atoms with E-state index >= 15 is 0 Å². The summed E-state index contributed by atoms with van der Waals surface area (Å²) in [6, 6.07) is 8.23. The number of rotatable bonds is 12. The highest BCUT2D eigenvalue weighted by molar-refractivity contribution is 14.0. The lowest BCUT2D eigenvalue weighted by Crippen LogP contribution is -2.38. The van der Waals surface area contributed by atoms with Crippen LogP contribution in [0.4, 0.5) is 0 Å². The molecule has 0 aromatic heterocycles. The minimum atomic E-state index is 0. The standard InChI is InChI=1S/C20H34N4O2.HI/c1-21-20(22-11-6-12-24(2)13-14-25-3)23-15-18-7-4-5-8-19(18)26-16-17-9-10-17;/h4-5,7-8,17H,6,9-16H2,1-3H3,(H2,21,22,23);1H. The second-order valence-electron chi connectivity index (χ2n) is 6.86. The summed E-state index contributed by atoms with van der Waals surface area (Å²) in [6.45, 7) is 5.19. The number of nitrogens with zero attached hydrogens (tertiary/aromatic N) is 2. The molecule has 0 heterocycles. The monoisotopic (exact) mass is 490 g/mol. The Kier molecular flexibility index (Phi) is 12.4. The van der Waals surface area contributed by atoms with Crippen molar-refractivity contribution in [3.05, 3.63) is 29.8 Å². The molecule has 1 fully saturated rings. The zero-order valence-corrected chi connectivity index (χ0v) is 19.2. The molecule has 1 aromatic carbocycles. The molecule has 1 saturated carbocycles. The van der Waals surface area contributed by atoms with E-state index in [1.807, 2.05) is 18.2 Å². The van der Waals surface area contributed by atoms with Gasteiger partial charge in [0.15, 0.2) is 5.96 Å². The lowest BCUT2D eigenvalue weighted by Gasteiger charge is -2.17. The van der Waals surface area contributed by atoms with E-state index in [4.69, 9.17) is 9.47 Å². The number of hydrogen-bond donors (Lipinski definition) is 2. The van der Waals surface area contributed by atoms with Crippen LogP contribution in [0.2, 0.25) is 0 Å². The number of nitrogens with one attached hydrogen (secondary N) is 2. The van der Waals surface area contributed by atoms with Gasteiger partial charge < -0.3 is 25.0 Å². The number of halogens is 1. The van der Waals surface area contributed by atoms with Gasteiger partial charge in [-0.1, -0.05) is 18.2 Å². The second kappa shape index (κ2) is 14.0. The van der Waals surface area contributed by atoms with Crippen LogP contribution < -0.4 is 15.4 Å². The summed E-state index contributed by atoms with van der Waals surface area (Å²) < 4.78 is 11.1. The van der Waals surface area contributed by atoms with Crippen molar-refractivity contribution in [1.82, 2.24) is 15.5 Å². The van der Waals surface area contributed by atoms with Crippen LogP contribution in [0.15, 0.2) is 29.3 Å². The van der Waals surface area contributed by atoms with Crippen molar-refractivity contribution >= 4 is 29.9 Å². The molecule has 1 aliphatic rings. The predicted octanol–water partition coefficient (Wildman–Crippen LogP) is 2.73. The number of para-hydroxylation sites is 1. The molecule has 0 unspecified atom stereocenters. The van der Waals surface area contributed by atoms with Crippen molar-refractivity contribution in [2.75, 3.05) is 54.1 Å². The van der Waals surface area contributed by atoms with E-state index in [9.17, 15) is 0 Å². The zero-order valence-electron chi connectivity index (χ0n) is 16.9. The van der Waals surface area contributed by atoms with Gasteiger partial charge in [0.05, 0.1) is 13.2 Å². The van der Waals surface area contributed by atoms with Gasteiger partial charge in [-0.2, -0.15) is 0 Å². The van der Waals surface area contributed by atoms with Gasteiger partial charge in [-0.3, -0.25) is 4.99 Å². The number of hydrogen-bond acceptors (Lipinski definition) is 4. The largest absolute Gasteiger partial charge is 0.493 e. The molecule has 2 N–H and O–H groups in total. The average molecular weight is 490 g/mol. The van der Waals surface area contributed by atoms with Gasteiger partial charge in [-0.05, 0) is 44.8 Å². The van der Waals surface area contributed by atoms with E-state index in [1.165, 1.54) is 12.8 Å². The zero-order chi connectivity index (χ0) is 18.6. The number of methoxy groups -OCH3 is 1. The number of aliphatic imine (C=N–C) groups is 1. The third-order valence-corrected chi connectivity index (χ3v) is 4.50. The molecule has 6 nitrogen and oxygen atoms in total. The number of ether oxygens (including phenoxy) is 2. The second-order valence-corrected chi connectivity index (χ2v) is 6.86. The molecule has 27 heavy (non-hydrogen) atoms. The lowest BCUT2D eigenvalue weighted by molar-refractivity contribution is 0.161. The van der Waals surface area contributed by atoms with Crippen LogP contribution in [0.1, 0.15) is 24.8 Å². The first-order valence-electron chi connectivity index (χ1n) is 9.55. The van der Waals surface area contributed by atoms with Crippen molar-refractivity contribution < 1.29 is 9.47 Å². The van der Waals surface area contributed by atoms with E-state index < -0.39 is 0 Å². The quantitative estimate of drug-likeness (QED) is 0.204. The highest BCUT2D eigenvalue weighted by Gasteiger charge is 2.22. The molecule has 0 aliphatic heterocycles. The Morgan fingerprint density at radius 3 is 2.70 bits per heavy atom. The maximum absolute atomic E-state index is 5.97. The summed E-state index contributed by atoms with van der Waals surface area (Å²) >= 11 is 0. The maximum Gasteiger partial charge on any atom is 0.191 e. The third-order valence-electron chi connectivity index (χ3n) is 4.50. The minimum absolute atomic E-state index is 0. The van der Waals surface area contributed by atoms with Crippen molar-refractivity contribution in [2.24, 2.45) is 10.9 Å². The molecule has 0 saturated heterocycles. The van der Waals surface area contributed by atoms with Crippen LogP contribution in [0.25, 0.3) is 0 Å². The normalized spacial score (nSPS) is 14.0. The van der Waals surface area contributed by atoms with Gasteiger partial charge in [0.25, 0.3) is 0 Å². The van der Waals surface area contributed by atoms with Crippen LogP contribution in [-0.4, -0.2) is 64.9 Å². The van der Waals surface area contributed by atoms with E-state index in [0.717, 1.165) is 62.5 Å². The van der Waals surface area contributed by atoms with E-state index in [-0.39, 0.29) is 24.0 Å². The topological polar surface area (TPSA) is 58.1 Å². The smallest absolute Gasteiger partial charge is 0.191 e. The summed E-state index contributed by atoms with van der Waals surface area (Å²) in [5.41, 5.74) is 1.16. The first-order chi connectivity index (χ1) is 12.7. The first kappa shape index (κ1) is 24.0. The Balaban J connectivity index is 0.00000364. The number of likely N-dealkylation sites (N-methyl/N-ethyl adjacent to an activating group) is 1. The Morgan fingerprint density at radius 1 is 1.22 bits per heavy atom. The maximum atomic E-state index is 5.97. The van der Waals surface area contributed by atoms with Crippen molar-refractivity contribution in [3.63, 3.8) is 0 Å². The lowest BCUT2D eigenvalue weighted by atomic mass is 10.2. The van der Waals surface area contributed by atoms with Gasteiger partial charge in [0.1, 0.15) is 5.75 Å². The van der Waals surface area contributed by atoms with Crippen molar-refractivity contribution in [1.29, 1.82) is 0 Å². The molecule has 154 valence electrons. The van der Waals surface area contributed by atoms with E-state index in [1.54, 1.807) is 14.2 Å². The van der Waals surface area contributed by atoms with Crippen molar-refractivity contribution in [2.45, 2.75) is 25.8 Å². The fraction of sp³-hybridized carbons (Fsp3) is 0.650. The molecule has 0 spiro atoms. The Labute approximate surface area is 181 Å². The Bertz CT molecular complexity index is 553. The average Bonchev–Trinajstić information content (AvgIpc) is 3.49. The predicted molar refractivity (Wildman–Crippen MR) is 122 cm³/mol. The summed E-state index contributed by atoms with van der Waals surface area (Å²) in [7, 11) is 5.65. The van der Waals surface area contributed by atoms with Crippen LogP contribution in [0.3, 0.4) is 0 Å². The van der Waals surface area contributed by atoms with Crippen LogP contribution in [0.5, 0.6) is 5.75 Å². The van der Waals surface area contributed by atoms with Gasteiger partial charge in [0.2, 0.25) is 0 Å². The highest BCUT2D eigenvalue weighted by Crippen LogP contribution is 2.30. The molecular formula is C20H35IN4O2. The number of benzene rings is 1. The van der Waals surface area contributed by atoms with Gasteiger partial charge in [-0.15, -0.1) is 24.0 Å². The molecule has 1 aromatic rings. The van der Waals surface area contributed by atoms with Gasteiger partial charge in [0, 0.05) is 39.4 Å². The molecule has 1 aliphatic carbocycles. The number of guanidine groups is 1. The Hall–Kier alpha value is -1.06. The molecule has 0 amide bonds. The fourth-order valence-electron chi connectivity index (χ4n) is 2.60. The molecule has 0 atom stereocenters. The van der Waals surface area contributed by atoms with Crippen molar-refractivity contribution in [3.8, 4) is 5.75 Å². The first-order valence-corrected chi connectivity index (χ1v) is 9.55. The SMILES string of the molecule is CN=C(NCCCN(C)CCOC)NCc1ccccc1OCC1CC1.I. The Morgan fingerprint density at radius 2 is 2.00 bits per heavy atom. The van der Waals surface area contributed by atoms with E-state index in [0.29, 0.717) is 6.54 Å². The highest BCUT2D eigenvalue weighted by atomic mass is 127. The molecule has 0 bridgehead atoms. The molecular weight excluding hydrogens is 455 g/mol. The third kappa shape index (κ3) is 10.2. The van der Waals surface area contributed by atoms with Crippen LogP contribution in [0, 0.1) is 5.92 Å². The fourth-order valence-corrected chi connectivity index (χ4v) is 2.60. The van der Waals surface area contributed by atoms with Gasteiger partial charge in [-0.25, -0.2) is 0 Å². The molecule has 2 rings (SSSR count). The molecule has 7 heteroatoms.